The molecule has 1 aliphatic rings. The number of carbonyl (C=O) groups excluding carboxylic acids is 2. The topological polar surface area (TPSA) is 71.1 Å². The summed E-state index contributed by atoms with van der Waals surface area (Å²) in [7, 11) is 3.20. The number of nitrogens with one attached hydrogen (secondary N) is 1. The molecule has 7 nitrogen and oxygen atoms in total. The molecule has 0 bridgehead atoms. The van der Waals surface area contributed by atoms with Crippen molar-refractivity contribution in [2.45, 2.75) is 32.4 Å². The van der Waals surface area contributed by atoms with Gasteiger partial charge in [0.2, 0.25) is 5.91 Å². The highest BCUT2D eigenvalue weighted by molar-refractivity contribution is 5.81. The molecular formula is C14H27N3O4. The molecule has 1 rings (SSSR count). The molecule has 3 amide bonds. The van der Waals surface area contributed by atoms with Gasteiger partial charge >= 0.3 is 6.03 Å². The summed E-state index contributed by atoms with van der Waals surface area (Å²) in [5, 5.41) is 2.93. The number of hydrogen-bond acceptors (Lipinski definition) is 4. The van der Waals surface area contributed by atoms with Gasteiger partial charge in [0.15, 0.2) is 0 Å². The van der Waals surface area contributed by atoms with E-state index in [2.05, 4.69) is 5.32 Å². The molecule has 0 spiro atoms. The van der Waals surface area contributed by atoms with Crippen LogP contribution in [0.3, 0.4) is 0 Å². The van der Waals surface area contributed by atoms with E-state index < -0.39 is 0 Å². The van der Waals surface area contributed by atoms with Gasteiger partial charge in [0, 0.05) is 46.3 Å². The van der Waals surface area contributed by atoms with Gasteiger partial charge in [-0.25, -0.2) is 4.79 Å². The largest absolute Gasteiger partial charge is 0.383 e. The maximum atomic E-state index is 12.3. The van der Waals surface area contributed by atoms with E-state index in [-0.39, 0.29) is 24.0 Å². The second kappa shape index (κ2) is 8.84. The van der Waals surface area contributed by atoms with Crippen LogP contribution in [0.15, 0.2) is 0 Å². The van der Waals surface area contributed by atoms with Gasteiger partial charge in [-0.05, 0) is 13.8 Å². The summed E-state index contributed by atoms with van der Waals surface area (Å²) in [5.74, 6) is 0.0932. The molecule has 122 valence electrons. The van der Waals surface area contributed by atoms with Crippen LogP contribution in [0.1, 0.15) is 20.3 Å². The highest BCUT2D eigenvalue weighted by atomic mass is 16.5. The van der Waals surface area contributed by atoms with Gasteiger partial charge in [0.1, 0.15) is 0 Å². The Morgan fingerprint density at radius 3 is 2.33 bits per heavy atom. The van der Waals surface area contributed by atoms with Gasteiger partial charge in [-0.1, -0.05) is 0 Å². The van der Waals surface area contributed by atoms with Gasteiger partial charge in [0.05, 0.1) is 19.3 Å². The fourth-order valence-corrected chi connectivity index (χ4v) is 2.31. The van der Waals surface area contributed by atoms with E-state index in [0.717, 1.165) is 0 Å². The van der Waals surface area contributed by atoms with Gasteiger partial charge in [-0.2, -0.15) is 0 Å². The van der Waals surface area contributed by atoms with Crippen molar-refractivity contribution in [3.05, 3.63) is 0 Å². The molecule has 1 N–H and O–H groups in total. The van der Waals surface area contributed by atoms with Gasteiger partial charge in [0.25, 0.3) is 0 Å². The van der Waals surface area contributed by atoms with E-state index in [1.807, 2.05) is 13.8 Å². The summed E-state index contributed by atoms with van der Waals surface area (Å²) in [6.07, 6.45) is 0.367. The molecule has 1 aliphatic heterocycles. The smallest absolute Gasteiger partial charge is 0.317 e. The van der Waals surface area contributed by atoms with Crippen LogP contribution >= 0.6 is 0 Å². The number of hydrogen-bond donors (Lipinski definition) is 1. The minimum atomic E-state index is -0.174. The number of carbonyl (C=O) groups is 2. The molecule has 0 aromatic heterocycles. The van der Waals surface area contributed by atoms with Crippen molar-refractivity contribution in [2.24, 2.45) is 0 Å². The van der Waals surface area contributed by atoms with Crippen molar-refractivity contribution in [1.82, 2.24) is 15.1 Å². The minimum absolute atomic E-state index is 0.0932. The summed E-state index contributed by atoms with van der Waals surface area (Å²) < 4.78 is 10.0. The molecule has 0 saturated carbocycles. The Bertz CT molecular complexity index is 341. The maximum Gasteiger partial charge on any atom is 0.317 e. The lowest BCUT2D eigenvalue weighted by atomic mass is 10.2. The summed E-state index contributed by atoms with van der Waals surface area (Å²) >= 11 is 0. The molecule has 1 saturated heterocycles. The number of rotatable bonds is 8. The van der Waals surface area contributed by atoms with E-state index in [1.54, 1.807) is 24.0 Å². The van der Waals surface area contributed by atoms with Crippen LogP contribution in [0.25, 0.3) is 0 Å². The highest BCUT2D eigenvalue weighted by Crippen LogP contribution is 2.14. The normalized spacial score (nSPS) is 18.4. The van der Waals surface area contributed by atoms with Crippen LogP contribution in [0.4, 0.5) is 4.79 Å². The first-order chi connectivity index (χ1) is 9.99. The molecular weight excluding hydrogens is 274 g/mol. The van der Waals surface area contributed by atoms with Crippen LogP contribution < -0.4 is 5.32 Å². The summed E-state index contributed by atoms with van der Waals surface area (Å²) in [4.78, 5) is 27.6. The van der Waals surface area contributed by atoms with E-state index in [4.69, 9.17) is 9.47 Å². The lowest BCUT2D eigenvalue weighted by Crippen LogP contribution is -2.48. The van der Waals surface area contributed by atoms with Crippen molar-refractivity contribution < 1.29 is 19.1 Å². The number of amides is 3. The predicted molar refractivity (Wildman–Crippen MR) is 79.1 cm³/mol. The lowest BCUT2D eigenvalue weighted by Gasteiger charge is -2.25. The van der Waals surface area contributed by atoms with Gasteiger partial charge in [-0.15, -0.1) is 0 Å². The molecule has 1 unspecified atom stereocenters. The first-order valence-corrected chi connectivity index (χ1v) is 7.32. The van der Waals surface area contributed by atoms with E-state index >= 15 is 0 Å². The van der Waals surface area contributed by atoms with Crippen molar-refractivity contribution in [2.75, 3.05) is 47.1 Å². The third kappa shape index (κ3) is 5.51. The average Bonchev–Trinajstić information content (AvgIpc) is 2.79. The quantitative estimate of drug-likeness (QED) is 0.700. The fraction of sp³-hybridized carbons (Fsp3) is 0.857. The van der Waals surface area contributed by atoms with Crippen molar-refractivity contribution in [3.8, 4) is 0 Å². The van der Waals surface area contributed by atoms with Crippen LogP contribution in [-0.2, 0) is 14.3 Å². The average molecular weight is 301 g/mol. The number of methoxy groups -OCH3 is 2. The van der Waals surface area contributed by atoms with Crippen LogP contribution in [-0.4, -0.2) is 80.9 Å². The number of ether oxygens (including phenoxy) is 2. The Kier molecular flexibility index (Phi) is 7.45. The molecule has 7 heteroatoms. The van der Waals surface area contributed by atoms with Gasteiger partial charge in [-0.3, -0.25) is 4.79 Å². The summed E-state index contributed by atoms with van der Waals surface area (Å²) in [6.45, 7) is 6.47. The monoisotopic (exact) mass is 301 g/mol. The number of nitrogens with zero attached hydrogens (tertiary/aromatic N) is 2. The molecule has 0 aromatic rings. The van der Waals surface area contributed by atoms with Crippen molar-refractivity contribution in [1.29, 1.82) is 0 Å². The maximum absolute atomic E-state index is 12.3. The fourth-order valence-electron chi connectivity index (χ4n) is 2.31. The van der Waals surface area contributed by atoms with Crippen LogP contribution in [0.2, 0.25) is 0 Å². The molecule has 21 heavy (non-hydrogen) atoms. The molecule has 1 atom stereocenters. The third-order valence-corrected chi connectivity index (χ3v) is 3.53. The molecule has 0 radical (unpaired) electrons. The van der Waals surface area contributed by atoms with E-state index in [9.17, 15) is 9.59 Å². The lowest BCUT2D eigenvalue weighted by molar-refractivity contribution is -0.129. The Morgan fingerprint density at radius 1 is 1.33 bits per heavy atom. The van der Waals surface area contributed by atoms with Crippen LogP contribution in [0, 0.1) is 0 Å². The Balaban J connectivity index is 2.50. The van der Waals surface area contributed by atoms with E-state index in [1.165, 1.54) is 0 Å². The first-order valence-electron chi connectivity index (χ1n) is 7.32. The Morgan fingerprint density at radius 2 is 1.90 bits per heavy atom. The zero-order valence-electron chi connectivity index (χ0n) is 13.4. The van der Waals surface area contributed by atoms with Crippen molar-refractivity contribution in [3.63, 3.8) is 0 Å². The zero-order chi connectivity index (χ0) is 15.8. The molecule has 1 heterocycles. The standard InChI is InChI=1S/C14H27N3O4/c1-11(2)17-10-12(9-13(17)18)15-14(19)16(5-7-20-3)6-8-21-4/h11-12H,5-10H2,1-4H3,(H,15,19). The van der Waals surface area contributed by atoms with E-state index in [0.29, 0.717) is 39.3 Å². The molecule has 0 aliphatic carbocycles. The second-order valence-corrected chi connectivity index (χ2v) is 5.46. The highest BCUT2D eigenvalue weighted by Gasteiger charge is 2.32. The van der Waals surface area contributed by atoms with Gasteiger partial charge < -0.3 is 24.6 Å². The molecule has 1 fully saturated rings. The summed E-state index contributed by atoms with van der Waals surface area (Å²) in [5.41, 5.74) is 0. The Labute approximate surface area is 126 Å². The number of urea groups is 1. The number of likely N-dealkylation sites (tertiary alicyclic amines) is 1. The third-order valence-electron chi connectivity index (χ3n) is 3.53. The molecule has 0 aromatic carbocycles. The SMILES string of the molecule is COCCN(CCOC)C(=O)NC1CC(=O)N(C(C)C)C1. The minimum Gasteiger partial charge on any atom is -0.383 e. The van der Waals surface area contributed by atoms with Crippen LogP contribution in [0.5, 0.6) is 0 Å². The zero-order valence-corrected chi connectivity index (χ0v) is 13.4. The Hall–Kier alpha value is -1.34. The predicted octanol–water partition coefficient (Wildman–Crippen LogP) is 0.300. The van der Waals surface area contributed by atoms with Crippen molar-refractivity contribution >= 4 is 11.9 Å². The summed E-state index contributed by atoms with van der Waals surface area (Å²) in [6, 6.07) is -0.134. The second-order valence-electron chi connectivity index (χ2n) is 5.46. The first kappa shape index (κ1) is 17.7.